The first-order valence-corrected chi connectivity index (χ1v) is 8.37. The molecule has 1 fully saturated rings. The summed E-state index contributed by atoms with van der Waals surface area (Å²) in [6.45, 7) is 6.08. The zero-order chi connectivity index (χ0) is 17.2. The first-order valence-electron chi connectivity index (χ1n) is 8.37. The molecule has 1 aliphatic heterocycles. The molecule has 0 bridgehead atoms. The molecule has 0 aliphatic carbocycles. The van der Waals surface area contributed by atoms with Crippen LogP contribution in [-0.4, -0.2) is 40.4 Å². The Balaban J connectivity index is 1.60. The lowest BCUT2D eigenvalue weighted by molar-refractivity contribution is -0.00580. The largest absolute Gasteiger partial charge is 0.457 e. The second-order valence-corrected chi connectivity index (χ2v) is 6.84. The fourth-order valence-corrected chi connectivity index (χ4v) is 3.04. The zero-order valence-corrected chi connectivity index (χ0v) is 14.3. The maximum absolute atomic E-state index is 10.1. The summed E-state index contributed by atoms with van der Waals surface area (Å²) in [6.07, 6.45) is 0.622. The minimum absolute atomic E-state index is 0.174. The molecule has 3 rings (SSSR count). The maximum Gasteiger partial charge on any atom is 0.127 e. The summed E-state index contributed by atoms with van der Waals surface area (Å²) in [5.74, 6) is 1.66. The molecule has 2 aromatic rings. The number of rotatable bonds is 5. The van der Waals surface area contributed by atoms with Crippen molar-refractivity contribution in [3.05, 3.63) is 59.2 Å². The topological polar surface area (TPSA) is 52.9 Å². The lowest BCUT2D eigenvalue weighted by Crippen LogP contribution is -2.36. The number of nitrogens with zero attached hydrogens (tertiary/aromatic N) is 1. The molecule has 1 atom stereocenters. The number of aliphatic hydroxyl groups is 2. The van der Waals surface area contributed by atoms with E-state index in [-0.39, 0.29) is 6.61 Å². The van der Waals surface area contributed by atoms with E-state index in [1.807, 2.05) is 36.4 Å². The molecule has 1 aliphatic rings. The Labute approximate surface area is 143 Å². The van der Waals surface area contributed by atoms with E-state index in [4.69, 9.17) is 4.74 Å². The molecular weight excluding hydrogens is 302 g/mol. The molecule has 128 valence electrons. The van der Waals surface area contributed by atoms with Crippen LogP contribution in [0.2, 0.25) is 0 Å². The lowest BCUT2D eigenvalue weighted by atomic mass is 10.1. The third kappa shape index (κ3) is 3.96. The molecule has 4 nitrogen and oxygen atoms in total. The van der Waals surface area contributed by atoms with Crippen molar-refractivity contribution in [1.82, 2.24) is 4.90 Å². The van der Waals surface area contributed by atoms with Gasteiger partial charge in [0.1, 0.15) is 17.1 Å². The minimum Gasteiger partial charge on any atom is -0.457 e. The highest BCUT2D eigenvalue weighted by molar-refractivity contribution is 5.38. The van der Waals surface area contributed by atoms with Crippen LogP contribution in [0.3, 0.4) is 0 Å². The number of β-amino-alcohol motifs (C(OH)–C–C–N with tert-alkyl or cyclic N) is 1. The van der Waals surface area contributed by atoms with E-state index in [1.165, 1.54) is 16.7 Å². The molecule has 1 saturated heterocycles. The highest BCUT2D eigenvalue weighted by Gasteiger charge is 2.35. The van der Waals surface area contributed by atoms with E-state index in [0.29, 0.717) is 13.0 Å². The average Bonchev–Trinajstić information content (AvgIpc) is 2.95. The van der Waals surface area contributed by atoms with Crippen molar-refractivity contribution in [1.29, 1.82) is 0 Å². The summed E-state index contributed by atoms with van der Waals surface area (Å²) in [5.41, 5.74) is 2.71. The predicted molar refractivity (Wildman–Crippen MR) is 94.4 cm³/mol. The molecule has 2 N–H and O–H groups in total. The molecule has 0 unspecified atom stereocenters. The van der Waals surface area contributed by atoms with Crippen LogP contribution in [0, 0.1) is 13.8 Å². The van der Waals surface area contributed by atoms with Gasteiger partial charge >= 0.3 is 0 Å². The van der Waals surface area contributed by atoms with Gasteiger partial charge in [0.05, 0.1) is 6.61 Å². The van der Waals surface area contributed by atoms with Crippen LogP contribution in [-0.2, 0) is 6.54 Å². The first kappa shape index (κ1) is 17.0. The van der Waals surface area contributed by atoms with Crippen LogP contribution in [0.1, 0.15) is 23.1 Å². The van der Waals surface area contributed by atoms with Crippen LogP contribution >= 0.6 is 0 Å². The minimum atomic E-state index is -0.938. The van der Waals surface area contributed by atoms with Crippen molar-refractivity contribution in [3.63, 3.8) is 0 Å². The first-order chi connectivity index (χ1) is 11.5. The SMILES string of the molecule is Cc1ccc(Oc2ccc(CN3CC[C@](O)(CO)C3)cc2)cc1C. The van der Waals surface area contributed by atoms with Crippen LogP contribution in [0.4, 0.5) is 0 Å². The predicted octanol–water partition coefficient (Wildman–Crippen LogP) is 3.02. The monoisotopic (exact) mass is 327 g/mol. The summed E-state index contributed by atoms with van der Waals surface area (Å²) in [4.78, 5) is 2.16. The van der Waals surface area contributed by atoms with E-state index in [0.717, 1.165) is 24.6 Å². The van der Waals surface area contributed by atoms with Gasteiger partial charge < -0.3 is 14.9 Å². The van der Waals surface area contributed by atoms with E-state index >= 15 is 0 Å². The zero-order valence-electron chi connectivity index (χ0n) is 14.3. The normalized spacial score (nSPS) is 21.2. The summed E-state index contributed by atoms with van der Waals surface area (Å²) in [6, 6.07) is 14.1. The Morgan fingerprint density at radius 3 is 2.38 bits per heavy atom. The van der Waals surface area contributed by atoms with Gasteiger partial charge in [-0.25, -0.2) is 0 Å². The third-order valence-electron chi connectivity index (χ3n) is 4.75. The fraction of sp³-hybridized carbons (Fsp3) is 0.400. The van der Waals surface area contributed by atoms with Gasteiger partial charge in [-0.3, -0.25) is 4.90 Å². The van der Waals surface area contributed by atoms with Crippen molar-refractivity contribution in [3.8, 4) is 11.5 Å². The van der Waals surface area contributed by atoms with Gasteiger partial charge in [0.15, 0.2) is 0 Å². The average molecular weight is 327 g/mol. The van der Waals surface area contributed by atoms with Gasteiger partial charge in [-0.15, -0.1) is 0 Å². The van der Waals surface area contributed by atoms with Gasteiger partial charge in [-0.05, 0) is 61.2 Å². The highest BCUT2D eigenvalue weighted by atomic mass is 16.5. The van der Waals surface area contributed by atoms with Crippen LogP contribution in [0.15, 0.2) is 42.5 Å². The van der Waals surface area contributed by atoms with Crippen LogP contribution in [0.5, 0.6) is 11.5 Å². The van der Waals surface area contributed by atoms with Crippen molar-refractivity contribution in [2.75, 3.05) is 19.7 Å². The van der Waals surface area contributed by atoms with Gasteiger partial charge in [-0.2, -0.15) is 0 Å². The Hall–Kier alpha value is -1.88. The number of hydrogen-bond donors (Lipinski definition) is 2. The maximum atomic E-state index is 10.1. The number of aliphatic hydroxyl groups excluding tert-OH is 1. The molecule has 0 radical (unpaired) electrons. The molecule has 2 aromatic carbocycles. The Bertz CT molecular complexity index is 699. The second-order valence-electron chi connectivity index (χ2n) is 6.84. The molecule has 0 aromatic heterocycles. The standard InChI is InChI=1S/C20H25NO3/c1-15-3-6-19(11-16(15)2)24-18-7-4-17(5-8-18)12-21-10-9-20(23,13-21)14-22/h3-8,11,22-23H,9-10,12-14H2,1-2H3/t20-/m1/s1. The molecule has 0 amide bonds. The third-order valence-corrected chi connectivity index (χ3v) is 4.75. The number of likely N-dealkylation sites (tertiary alicyclic amines) is 1. The quantitative estimate of drug-likeness (QED) is 0.886. The van der Waals surface area contributed by atoms with Crippen molar-refractivity contribution in [2.24, 2.45) is 0 Å². The van der Waals surface area contributed by atoms with E-state index in [9.17, 15) is 10.2 Å². The van der Waals surface area contributed by atoms with E-state index in [1.54, 1.807) is 0 Å². The number of aryl methyl sites for hydroxylation is 2. The Morgan fingerprint density at radius 1 is 1.04 bits per heavy atom. The number of benzene rings is 2. The summed E-state index contributed by atoms with van der Waals surface area (Å²) < 4.78 is 5.90. The highest BCUT2D eigenvalue weighted by Crippen LogP contribution is 2.26. The Morgan fingerprint density at radius 2 is 1.75 bits per heavy atom. The van der Waals surface area contributed by atoms with Crippen molar-refractivity contribution >= 4 is 0 Å². The van der Waals surface area contributed by atoms with Crippen LogP contribution in [0.25, 0.3) is 0 Å². The second kappa shape index (κ2) is 6.93. The molecule has 4 heteroatoms. The summed E-state index contributed by atoms with van der Waals surface area (Å²) in [5, 5.41) is 19.3. The number of hydrogen-bond acceptors (Lipinski definition) is 4. The molecule has 24 heavy (non-hydrogen) atoms. The number of ether oxygens (including phenoxy) is 1. The van der Waals surface area contributed by atoms with Gasteiger partial charge in [-0.1, -0.05) is 18.2 Å². The lowest BCUT2D eigenvalue weighted by Gasteiger charge is -2.21. The van der Waals surface area contributed by atoms with E-state index in [2.05, 4.69) is 24.8 Å². The van der Waals surface area contributed by atoms with Crippen molar-refractivity contribution < 1.29 is 14.9 Å². The smallest absolute Gasteiger partial charge is 0.127 e. The van der Waals surface area contributed by atoms with Crippen LogP contribution < -0.4 is 4.74 Å². The van der Waals surface area contributed by atoms with Gasteiger partial charge in [0, 0.05) is 19.6 Å². The molecule has 0 spiro atoms. The summed E-state index contributed by atoms with van der Waals surface area (Å²) in [7, 11) is 0. The Kier molecular flexibility index (Phi) is 4.90. The van der Waals surface area contributed by atoms with Gasteiger partial charge in [0.25, 0.3) is 0 Å². The summed E-state index contributed by atoms with van der Waals surface area (Å²) >= 11 is 0. The molecule has 1 heterocycles. The molecule has 0 saturated carbocycles. The molecular formula is C20H25NO3. The van der Waals surface area contributed by atoms with Crippen molar-refractivity contribution in [2.45, 2.75) is 32.4 Å². The fourth-order valence-electron chi connectivity index (χ4n) is 3.04. The van der Waals surface area contributed by atoms with E-state index < -0.39 is 5.60 Å². The van der Waals surface area contributed by atoms with Gasteiger partial charge in [0.2, 0.25) is 0 Å².